The average Bonchev–Trinajstić information content (AvgIpc) is 2.29. The third kappa shape index (κ3) is 2.96. The van der Waals surface area contributed by atoms with Crippen molar-refractivity contribution < 1.29 is 4.79 Å². The quantitative estimate of drug-likeness (QED) is 0.680. The van der Waals surface area contributed by atoms with Crippen molar-refractivity contribution >= 4 is 5.78 Å². The smallest absolute Gasteiger partial charge is 0.159 e. The van der Waals surface area contributed by atoms with E-state index in [2.05, 4.69) is 26.0 Å². The fourth-order valence-corrected chi connectivity index (χ4v) is 2.72. The van der Waals surface area contributed by atoms with E-state index in [1.165, 1.54) is 31.2 Å². The van der Waals surface area contributed by atoms with E-state index in [4.69, 9.17) is 0 Å². The summed E-state index contributed by atoms with van der Waals surface area (Å²) in [5.41, 5.74) is 2.76. The van der Waals surface area contributed by atoms with Crippen LogP contribution in [0.4, 0.5) is 0 Å². The Morgan fingerprint density at radius 3 is 2.12 bits per heavy atom. The molecule has 0 aromatic heterocycles. The Morgan fingerprint density at radius 1 is 1.12 bits per heavy atom. The van der Waals surface area contributed by atoms with Gasteiger partial charge in [-0.3, -0.25) is 4.79 Å². The van der Waals surface area contributed by atoms with Crippen molar-refractivity contribution in [2.45, 2.75) is 52.4 Å². The minimum absolute atomic E-state index is 0.154. The topological polar surface area (TPSA) is 17.1 Å². The van der Waals surface area contributed by atoms with Gasteiger partial charge in [-0.05, 0) is 49.5 Å². The molecule has 2 rings (SSSR count). The highest BCUT2D eigenvalue weighted by molar-refractivity contribution is 5.94. The van der Waals surface area contributed by atoms with Gasteiger partial charge in [-0.1, -0.05) is 38.1 Å². The molecule has 0 radical (unpaired) electrons. The Morgan fingerprint density at radius 2 is 1.65 bits per heavy atom. The summed E-state index contributed by atoms with van der Waals surface area (Å²) in [5, 5.41) is 0. The van der Waals surface area contributed by atoms with Crippen LogP contribution in [0.1, 0.15) is 68.3 Å². The van der Waals surface area contributed by atoms with Crippen molar-refractivity contribution in [1.29, 1.82) is 0 Å². The van der Waals surface area contributed by atoms with Crippen LogP contribution in [0.25, 0.3) is 0 Å². The second kappa shape index (κ2) is 4.64. The van der Waals surface area contributed by atoms with Crippen molar-refractivity contribution in [3.63, 3.8) is 0 Å². The first-order chi connectivity index (χ1) is 7.98. The molecule has 1 nitrogen and oxygen atoms in total. The Kier molecular flexibility index (Phi) is 3.37. The molecule has 0 aliphatic heterocycles. The lowest BCUT2D eigenvalue weighted by atomic mass is 9.71. The summed E-state index contributed by atoms with van der Waals surface area (Å²) in [6.45, 7) is 6.35. The molecule has 1 heteroatoms. The molecule has 1 aromatic rings. The van der Waals surface area contributed by atoms with E-state index < -0.39 is 0 Å². The zero-order valence-corrected chi connectivity index (χ0v) is 11.1. The van der Waals surface area contributed by atoms with Crippen molar-refractivity contribution in [1.82, 2.24) is 0 Å². The Balaban J connectivity index is 2.06. The van der Waals surface area contributed by atoms with Crippen LogP contribution in [0.15, 0.2) is 24.3 Å². The molecule has 0 spiro atoms. The SMILES string of the molecule is CC(=O)c1ccc(C2CCC(C)(C)CC2)cc1. The molecule has 92 valence electrons. The minimum Gasteiger partial charge on any atom is -0.295 e. The summed E-state index contributed by atoms with van der Waals surface area (Å²) in [6, 6.07) is 8.22. The second-order valence-electron chi connectivity index (χ2n) is 6.12. The van der Waals surface area contributed by atoms with E-state index in [1.807, 2.05) is 12.1 Å². The van der Waals surface area contributed by atoms with Crippen LogP contribution in [-0.4, -0.2) is 5.78 Å². The van der Waals surface area contributed by atoms with Crippen LogP contribution >= 0.6 is 0 Å². The highest BCUT2D eigenvalue weighted by Crippen LogP contribution is 2.42. The maximum Gasteiger partial charge on any atom is 0.159 e. The van der Waals surface area contributed by atoms with Gasteiger partial charge < -0.3 is 0 Å². The zero-order chi connectivity index (χ0) is 12.5. The van der Waals surface area contributed by atoms with Gasteiger partial charge in [0.25, 0.3) is 0 Å². The van der Waals surface area contributed by atoms with Crippen LogP contribution in [0.3, 0.4) is 0 Å². The van der Waals surface area contributed by atoms with E-state index >= 15 is 0 Å². The third-order valence-corrected chi connectivity index (χ3v) is 4.13. The van der Waals surface area contributed by atoms with Gasteiger partial charge >= 0.3 is 0 Å². The molecule has 0 bridgehead atoms. The zero-order valence-electron chi connectivity index (χ0n) is 11.1. The second-order valence-corrected chi connectivity index (χ2v) is 6.12. The lowest BCUT2D eigenvalue weighted by Gasteiger charge is -2.34. The number of ketones is 1. The number of carbonyl (C=O) groups is 1. The summed E-state index contributed by atoms with van der Waals surface area (Å²) in [5.74, 6) is 0.852. The molecule has 0 unspecified atom stereocenters. The summed E-state index contributed by atoms with van der Waals surface area (Å²) in [6.07, 6.45) is 5.19. The maximum atomic E-state index is 11.2. The summed E-state index contributed by atoms with van der Waals surface area (Å²) in [4.78, 5) is 11.2. The molecule has 0 N–H and O–H groups in total. The molecule has 1 aromatic carbocycles. The molecular formula is C16H22O. The number of Topliss-reactive ketones (excluding diaryl/α,β-unsaturated/α-hetero) is 1. The van der Waals surface area contributed by atoms with Gasteiger partial charge in [-0.15, -0.1) is 0 Å². The summed E-state index contributed by atoms with van der Waals surface area (Å²) >= 11 is 0. The van der Waals surface area contributed by atoms with E-state index in [9.17, 15) is 4.79 Å². The van der Waals surface area contributed by atoms with Crippen LogP contribution in [0.5, 0.6) is 0 Å². The van der Waals surface area contributed by atoms with Gasteiger partial charge in [0.05, 0.1) is 0 Å². The van der Waals surface area contributed by atoms with E-state index in [0.29, 0.717) is 11.3 Å². The van der Waals surface area contributed by atoms with Crippen LogP contribution in [-0.2, 0) is 0 Å². The van der Waals surface area contributed by atoms with Crippen molar-refractivity contribution in [3.8, 4) is 0 Å². The highest BCUT2D eigenvalue weighted by atomic mass is 16.1. The fraction of sp³-hybridized carbons (Fsp3) is 0.562. The van der Waals surface area contributed by atoms with Crippen molar-refractivity contribution in [3.05, 3.63) is 35.4 Å². The Hall–Kier alpha value is -1.11. The first-order valence-electron chi connectivity index (χ1n) is 6.59. The lowest BCUT2D eigenvalue weighted by molar-refractivity contribution is 0.101. The molecule has 1 aliphatic carbocycles. The molecule has 1 aliphatic rings. The number of rotatable bonds is 2. The van der Waals surface area contributed by atoms with Crippen molar-refractivity contribution in [2.24, 2.45) is 5.41 Å². The number of hydrogen-bond acceptors (Lipinski definition) is 1. The summed E-state index contributed by atoms with van der Waals surface area (Å²) in [7, 11) is 0. The third-order valence-electron chi connectivity index (χ3n) is 4.13. The molecule has 17 heavy (non-hydrogen) atoms. The van der Waals surface area contributed by atoms with Gasteiger partial charge in [0.1, 0.15) is 0 Å². The van der Waals surface area contributed by atoms with Gasteiger partial charge in [0.2, 0.25) is 0 Å². The minimum atomic E-state index is 0.154. The standard InChI is InChI=1S/C16H22O/c1-12(17)13-4-6-14(7-5-13)15-8-10-16(2,3)11-9-15/h4-7,15H,8-11H2,1-3H3. The lowest BCUT2D eigenvalue weighted by Crippen LogP contribution is -2.20. The van der Waals surface area contributed by atoms with Gasteiger partial charge in [0, 0.05) is 5.56 Å². The first kappa shape index (κ1) is 12.3. The molecular weight excluding hydrogens is 208 g/mol. The summed E-state index contributed by atoms with van der Waals surface area (Å²) < 4.78 is 0. The average molecular weight is 230 g/mol. The number of hydrogen-bond donors (Lipinski definition) is 0. The molecule has 1 fully saturated rings. The normalized spacial score (nSPS) is 20.2. The van der Waals surface area contributed by atoms with E-state index in [1.54, 1.807) is 6.92 Å². The molecule has 0 heterocycles. The fourth-order valence-electron chi connectivity index (χ4n) is 2.72. The van der Waals surface area contributed by atoms with Gasteiger partial charge in [0.15, 0.2) is 5.78 Å². The predicted octanol–water partition coefficient (Wildman–Crippen LogP) is 4.57. The van der Waals surface area contributed by atoms with Crippen molar-refractivity contribution in [2.75, 3.05) is 0 Å². The monoisotopic (exact) mass is 230 g/mol. The first-order valence-corrected chi connectivity index (χ1v) is 6.59. The van der Waals surface area contributed by atoms with Gasteiger partial charge in [-0.25, -0.2) is 0 Å². The predicted molar refractivity (Wildman–Crippen MR) is 71.4 cm³/mol. The molecule has 1 saturated carbocycles. The molecule has 0 atom stereocenters. The van der Waals surface area contributed by atoms with E-state index in [0.717, 1.165) is 5.56 Å². The maximum absolute atomic E-state index is 11.2. The number of benzene rings is 1. The van der Waals surface area contributed by atoms with Crippen LogP contribution in [0, 0.1) is 5.41 Å². The number of carbonyl (C=O) groups excluding carboxylic acids is 1. The molecule has 0 amide bonds. The largest absolute Gasteiger partial charge is 0.295 e. The van der Waals surface area contributed by atoms with E-state index in [-0.39, 0.29) is 5.78 Å². The highest BCUT2D eigenvalue weighted by Gasteiger charge is 2.27. The Labute approximate surface area is 104 Å². The van der Waals surface area contributed by atoms with Gasteiger partial charge in [-0.2, -0.15) is 0 Å². The van der Waals surface area contributed by atoms with Crippen LogP contribution < -0.4 is 0 Å². The molecule has 0 saturated heterocycles. The Bertz CT molecular complexity index is 390. The van der Waals surface area contributed by atoms with Crippen LogP contribution in [0.2, 0.25) is 0 Å².